The van der Waals surface area contributed by atoms with E-state index in [-0.39, 0.29) is 17.9 Å². The number of nitrogens with zero attached hydrogens (tertiary/aromatic N) is 7. The second-order valence-corrected chi connectivity index (χ2v) is 8.22. The molecule has 2 amide bonds. The normalized spacial score (nSPS) is 13.4. The summed E-state index contributed by atoms with van der Waals surface area (Å²) in [4.78, 5) is 28.6. The van der Waals surface area contributed by atoms with Gasteiger partial charge in [-0.25, -0.2) is 14.2 Å². The minimum Gasteiger partial charge on any atom is -0.365 e. The van der Waals surface area contributed by atoms with Gasteiger partial charge in [0.25, 0.3) is 5.91 Å². The Bertz CT molecular complexity index is 1370. The highest BCUT2D eigenvalue weighted by Gasteiger charge is 2.28. The van der Waals surface area contributed by atoms with E-state index in [1.54, 1.807) is 4.52 Å². The molecule has 168 valence electrons. The fourth-order valence-corrected chi connectivity index (χ4v) is 3.96. The van der Waals surface area contributed by atoms with Crippen LogP contribution in [0.15, 0.2) is 30.5 Å². The van der Waals surface area contributed by atoms with Crippen molar-refractivity contribution in [3.63, 3.8) is 0 Å². The first-order valence-corrected chi connectivity index (χ1v) is 10.7. The van der Waals surface area contributed by atoms with Crippen LogP contribution in [0.25, 0.3) is 17.0 Å². The van der Waals surface area contributed by atoms with Gasteiger partial charge in [-0.1, -0.05) is 0 Å². The Kier molecular flexibility index (Phi) is 5.08. The van der Waals surface area contributed by atoms with Gasteiger partial charge < -0.3 is 11.1 Å². The molecule has 1 aliphatic rings. The van der Waals surface area contributed by atoms with Crippen molar-refractivity contribution in [3.8, 4) is 11.4 Å². The number of carbonyl (C=O) groups is 2. The number of carbonyl (C=O) groups excluding carboxylic acids is 2. The van der Waals surface area contributed by atoms with Gasteiger partial charge in [0.05, 0.1) is 12.2 Å². The lowest BCUT2D eigenvalue weighted by molar-refractivity contribution is -0.116. The first-order valence-electron chi connectivity index (χ1n) is 10.7. The van der Waals surface area contributed by atoms with E-state index in [1.807, 2.05) is 42.8 Å². The summed E-state index contributed by atoms with van der Waals surface area (Å²) in [6.07, 6.45) is 4.38. The molecule has 1 fully saturated rings. The molecule has 4 aromatic rings. The van der Waals surface area contributed by atoms with Gasteiger partial charge in [0.2, 0.25) is 5.91 Å². The van der Waals surface area contributed by atoms with Crippen LogP contribution in [0, 0.1) is 13.8 Å². The number of rotatable bonds is 7. The number of benzene rings is 1. The lowest BCUT2D eigenvalue weighted by atomic mass is 10.1. The summed E-state index contributed by atoms with van der Waals surface area (Å²) < 4.78 is 3.45. The Morgan fingerprint density at radius 3 is 2.64 bits per heavy atom. The molecule has 3 heterocycles. The molecule has 1 aliphatic carbocycles. The smallest absolute Gasteiger partial charge is 0.254 e. The molecule has 3 aromatic heterocycles. The SMILES string of the molecule is Cc1nc2c(C(N)=O)cnn2c(C)c1CCC(=O)Nc1ccc(-c2nnnn2C2CC2)cc1. The number of hydrogen-bond acceptors (Lipinski definition) is 7. The molecule has 0 spiro atoms. The van der Waals surface area contributed by atoms with Gasteiger partial charge in [0.1, 0.15) is 5.56 Å². The predicted octanol–water partition coefficient (Wildman–Crippen LogP) is 2.00. The van der Waals surface area contributed by atoms with Gasteiger partial charge in [-0.2, -0.15) is 5.10 Å². The zero-order valence-electron chi connectivity index (χ0n) is 18.3. The summed E-state index contributed by atoms with van der Waals surface area (Å²) in [5, 5.41) is 19.1. The van der Waals surface area contributed by atoms with Crippen molar-refractivity contribution in [2.75, 3.05) is 5.32 Å². The van der Waals surface area contributed by atoms with Crippen LogP contribution in [0.5, 0.6) is 0 Å². The Balaban J connectivity index is 1.26. The van der Waals surface area contributed by atoms with Crippen molar-refractivity contribution in [3.05, 3.63) is 53.0 Å². The Hall–Kier alpha value is -4.15. The molecule has 11 heteroatoms. The first-order chi connectivity index (χ1) is 15.9. The maximum Gasteiger partial charge on any atom is 0.254 e. The molecule has 5 rings (SSSR count). The molecular formula is C22H23N9O2. The number of primary amides is 1. The van der Waals surface area contributed by atoms with E-state index in [0.717, 1.165) is 41.2 Å². The number of fused-ring (bicyclic) bond motifs is 1. The van der Waals surface area contributed by atoms with Crippen LogP contribution in [0.4, 0.5) is 5.69 Å². The fourth-order valence-electron chi connectivity index (χ4n) is 3.96. The molecule has 0 radical (unpaired) electrons. The molecule has 0 bridgehead atoms. The van der Waals surface area contributed by atoms with Crippen LogP contribution < -0.4 is 11.1 Å². The third-order valence-corrected chi connectivity index (χ3v) is 5.89. The summed E-state index contributed by atoms with van der Waals surface area (Å²) in [5.41, 5.74) is 10.2. The van der Waals surface area contributed by atoms with Crippen molar-refractivity contribution in [2.24, 2.45) is 5.73 Å². The van der Waals surface area contributed by atoms with Crippen LogP contribution in [-0.2, 0) is 11.2 Å². The molecule has 11 nitrogen and oxygen atoms in total. The zero-order chi connectivity index (χ0) is 23.1. The van der Waals surface area contributed by atoms with Crippen LogP contribution in [-0.4, -0.2) is 46.6 Å². The van der Waals surface area contributed by atoms with Crippen LogP contribution >= 0.6 is 0 Å². The average molecular weight is 445 g/mol. The number of amides is 2. The van der Waals surface area contributed by atoms with Crippen molar-refractivity contribution < 1.29 is 9.59 Å². The van der Waals surface area contributed by atoms with E-state index in [2.05, 4.69) is 30.9 Å². The molecule has 0 atom stereocenters. The van der Waals surface area contributed by atoms with E-state index in [1.165, 1.54) is 6.20 Å². The van der Waals surface area contributed by atoms with E-state index >= 15 is 0 Å². The molecule has 0 saturated heterocycles. The Morgan fingerprint density at radius 2 is 1.94 bits per heavy atom. The van der Waals surface area contributed by atoms with Crippen molar-refractivity contribution in [1.82, 2.24) is 34.8 Å². The number of aromatic nitrogens is 7. The molecule has 1 saturated carbocycles. The monoisotopic (exact) mass is 445 g/mol. The summed E-state index contributed by atoms with van der Waals surface area (Å²) in [6.45, 7) is 3.74. The van der Waals surface area contributed by atoms with Crippen molar-refractivity contribution in [2.45, 2.75) is 45.6 Å². The van der Waals surface area contributed by atoms with E-state index in [9.17, 15) is 9.59 Å². The highest BCUT2D eigenvalue weighted by Crippen LogP contribution is 2.36. The minimum atomic E-state index is -0.571. The summed E-state index contributed by atoms with van der Waals surface area (Å²) >= 11 is 0. The van der Waals surface area contributed by atoms with Crippen LogP contribution in [0.1, 0.15) is 52.6 Å². The molecule has 1 aromatic carbocycles. The van der Waals surface area contributed by atoms with E-state index in [4.69, 9.17) is 5.73 Å². The Morgan fingerprint density at radius 1 is 1.18 bits per heavy atom. The van der Waals surface area contributed by atoms with Gasteiger partial charge in [-0.05, 0) is 73.4 Å². The molecular weight excluding hydrogens is 422 g/mol. The lowest BCUT2D eigenvalue weighted by Crippen LogP contribution is -2.15. The third kappa shape index (κ3) is 3.93. The van der Waals surface area contributed by atoms with Crippen LogP contribution in [0.3, 0.4) is 0 Å². The Labute approximate surface area is 189 Å². The van der Waals surface area contributed by atoms with Crippen molar-refractivity contribution >= 4 is 23.1 Å². The number of tetrazole rings is 1. The van der Waals surface area contributed by atoms with Gasteiger partial charge in [-0.3, -0.25) is 9.59 Å². The highest BCUT2D eigenvalue weighted by atomic mass is 16.2. The topological polar surface area (TPSA) is 146 Å². The maximum atomic E-state index is 12.6. The number of hydrogen-bond donors (Lipinski definition) is 2. The minimum absolute atomic E-state index is 0.109. The summed E-state index contributed by atoms with van der Waals surface area (Å²) in [5.74, 6) is 0.0589. The molecule has 0 aliphatic heterocycles. The second-order valence-electron chi connectivity index (χ2n) is 8.22. The van der Waals surface area contributed by atoms with E-state index in [0.29, 0.717) is 23.8 Å². The number of nitrogens with two attached hydrogens (primary N) is 1. The van der Waals surface area contributed by atoms with Crippen LogP contribution in [0.2, 0.25) is 0 Å². The maximum absolute atomic E-state index is 12.6. The molecule has 0 unspecified atom stereocenters. The van der Waals surface area contributed by atoms with Gasteiger partial charge in [0.15, 0.2) is 11.5 Å². The predicted molar refractivity (Wildman–Crippen MR) is 119 cm³/mol. The number of anilines is 1. The average Bonchev–Trinajstić information content (AvgIpc) is 3.35. The highest BCUT2D eigenvalue weighted by molar-refractivity contribution is 5.98. The third-order valence-electron chi connectivity index (χ3n) is 5.89. The van der Waals surface area contributed by atoms with E-state index < -0.39 is 5.91 Å². The largest absolute Gasteiger partial charge is 0.365 e. The second kappa shape index (κ2) is 8.08. The standard InChI is InChI=1S/C22H23N9O2/c1-12-17(13(2)30-22(25-12)18(11-24-30)20(23)33)9-10-19(32)26-15-5-3-14(4-6-15)21-27-28-29-31(21)16-7-8-16/h3-6,11,16H,7-10H2,1-2H3,(H2,23,33)(H,26,32). The quantitative estimate of drug-likeness (QED) is 0.442. The fraction of sp³-hybridized carbons (Fsp3) is 0.318. The van der Waals surface area contributed by atoms with Crippen molar-refractivity contribution in [1.29, 1.82) is 0 Å². The lowest BCUT2D eigenvalue weighted by Gasteiger charge is -2.12. The summed E-state index contributed by atoms with van der Waals surface area (Å²) in [6, 6.07) is 7.89. The van der Waals surface area contributed by atoms with Gasteiger partial charge in [-0.15, -0.1) is 5.10 Å². The summed E-state index contributed by atoms with van der Waals surface area (Å²) in [7, 11) is 0. The molecule has 33 heavy (non-hydrogen) atoms. The van der Waals surface area contributed by atoms with Gasteiger partial charge >= 0.3 is 0 Å². The first kappa shape index (κ1) is 20.7. The zero-order valence-corrected chi connectivity index (χ0v) is 18.3. The number of aryl methyl sites for hydroxylation is 2. The van der Waals surface area contributed by atoms with Gasteiger partial charge in [0, 0.05) is 29.1 Å². The molecule has 3 N–H and O–H groups in total. The number of nitrogens with one attached hydrogen (secondary N) is 1.